The van der Waals surface area contributed by atoms with Gasteiger partial charge in [0.25, 0.3) is 0 Å². The van der Waals surface area contributed by atoms with Crippen LogP contribution in [0.3, 0.4) is 0 Å². The zero-order chi connectivity index (χ0) is 13.3. The maximum absolute atomic E-state index is 12.9. The molecule has 2 aromatic rings. The quantitative estimate of drug-likeness (QED) is 0.893. The molecule has 2 nitrogen and oxygen atoms in total. The molecule has 0 spiro atoms. The van der Waals surface area contributed by atoms with Gasteiger partial charge in [-0.15, -0.1) is 0 Å². The predicted molar refractivity (Wildman–Crippen MR) is 63.4 cm³/mol. The Balaban J connectivity index is 2.83. The van der Waals surface area contributed by atoms with E-state index in [2.05, 4.69) is 0 Å². The van der Waals surface area contributed by atoms with Gasteiger partial charge in [0.05, 0.1) is 12.7 Å². The minimum Gasteiger partial charge on any atom is -0.496 e. The number of methoxy groups -OCH3 is 1. The first-order valence-corrected chi connectivity index (χ1v) is 5.34. The number of hydrogen-bond donors (Lipinski definition) is 1. The highest BCUT2D eigenvalue weighted by Gasteiger charge is 2.32. The summed E-state index contributed by atoms with van der Waals surface area (Å²) in [6, 6.07) is 7.14. The Hall–Kier alpha value is -1.75. The molecule has 2 N–H and O–H groups in total. The first-order chi connectivity index (χ1) is 8.47. The van der Waals surface area contributed by atoms with Crippen molar-refractivity contribution in [1.82, 2.24) is 0 Å². The predicted octanol–water partition coefficient (Wildman–Crippen LogP) is 3.33. The van der Waals surface area contributed by atoms with E-state index in [1.54, 1.807) is 12.1 Å². The van der Waals surface area contributed by atoms with Crippen molar-refractivity contribution in [3.63, 3.8) is 0 Å². The molecule has 18 heavy (non-hydrogen) atoms. The van der Waals surface area contributed by atoms with Crippen molar-refractivity contribution in [3.05, 3.63) is 41.5 Å². The second kappa shape index (κ2) is 4.49. The number of benzene rings is 2. The van der Waals surface area contributed by atoms with Gasteiger partial charge in [0.15, 0.2) is 0 Å². The summed E-state index contributed by atoms with van der Waals surface area (Å²) in [5, 5.41) is 0.550. The van der Waals surface area contributed by atoms with E-state index < -0.39 is 11.7 Å². The minimum absolute atomic E-state index is 0.116. The molecule has 96 valence electrons. The highest BCUT2D eigenvalue weighted by atomic mass is 19.4. The Morgan fingerprint density at radius 3 is 2.44 bits per heavy atom. The van der Waals surface area contributed by atoms with E-state index in [0.717, 1.165) is 6.07 Å². The van der Waals surface area contributed by atoms with E-state index in [1.807, 2.05) is 0 Å². The second-order valence-electron chi connectivity index (χ2n) is 3.90. The lowest BCUT2D eigenvalue weighted by molar-refractivity contribution is -0.136. The van der Waals surface area contributed by atoms with Crippen LogP contribution in [0.15, 0.2) is 30.3 Å². The van der Waals surface area contributed by atoms with Crippen molar-refractivity contribution in [3.8, 4) is 5.75 Å². The fourth-order valence-corrected chi connectivity index (χ4v) is 1.94. The monoisotopic (exact) mass is 255 g/mol. The number of rotatable bonds is 2. The Morgan fingerprint density at radius 2 is 1.89 bits per heavy atom. The molecule has 0 radical (unpaired) electrons. The summed E-state index contributed by atoms with van der Waals surface area (Å²) in [7, 11) is 1.43. The van der Waals surface area contributed by atoms with E-state index in [4.69, 9.17) is 10.5 Å². The third-order valence-corrected chi connectivity index (χ3v) is 2.78. The molecule has 0 heterocycles. The van der Waals surface area contributed by atoms with Crippen molar-refractivity contribution in [2.75, 3.05) is 7.11 Å². The molecule has 0 saturated carbocycles. The Morgan fingerprint density at radius 1 is 1.17 bits per heavy atom. The van der Waals surface area contributed by atoms with Gasteiger partial charge in [-0.3, -0.25) is 0 Å². The molecule has 0 unspecified atom stereocenters. The number of fused-ring (bicyclic) bond motifs is 1. The van der Waals surface area contributed by atoms with Gasteiger partial charge in [0.1, 0.15) is 5.75 Å². The highest BCUT2D eigenvalue weighted by molar-refractivity contribution is 5.92. The van der Waals surface area contributed by atoms with Crippen LogP contribution in [0.4, 0.5) is 13.2 Å². The fourth-order valence-electron chi connectivity index (χ4n) is 1.94. The summed E-state index contributed by atoms with van der Waals surface area (Å²) < 4.78 is 43.9. The molecule has 0 aliphatic heterocycles. The third kappa shape index (κ3) is 2.13. The van der Waals surface area contributed by atoms with Crippen molar-refractivity contribution in [1.29, 1.82) is 0 Å². The lowest BCUT2D eigenvalue weighted by Crippen LogP contribution is -2.06. The first-order valence-electron chi connectivity index (χ1n) is 5.34. The average molecular weight is 255 g/mol. The molecule has 0 aliphatic carbocycles. The van der Waals surface area contributed by atoms with E-state index in [9.17, 15) is 13.2 Å². The summed E-state index contributed by atoms with van der Waals surface area (Å²) in [6.45, 7) is 0.165. The SMILES string of the molecule is COc1cc(CN)cc2c(C(F)(F)F)cccc12. The molecule has 2 aromatic carbocycles. The third-order valence-electron chi connectivity index (χ3n) is 2.78. The van der Waals surface area contributed by atoms with Crippen LogP contribution in [0.2, 0.25) is 0 Å². The molecule has 0 atom stereocenters. The second-order valence-corrected chi connectivity index (χ2v) is 3.90. The fraction of sp³-hybridized carbons (Fsp3) is 0.231. The van der Waals surface area contributed by atoms with Gasteiger partial charge in [-0.1, -0.05) is 12.1 Å². The average Bonchev–Trinajstić information content (AvgIpc) is 2.35. The Labute approximate surface area is 102 Å². The lowest BCUT2D eigenvalue weighted by atomic mass is 10.0. The van der Waals surface area contributed by atoms with E-state index in [-0.39, 0.29) is 11.9 Å². The van der Waals surface area contributed by atoms with Gasteiger partial charge in [-0.25, -0.2) is 0 Å². The van der Waals surface area contributed by atoms with E-state index in [0.29, 0.717) is 16.7 Å². The highest BCUT2D eigenvalue weighted by Crippen LogP contribution is 2.38. The van der Waals surface area contributed by atoms with E-state index in [1.165, 1.54) is 19.2 Å². The van der Waals surface area contributed by atoms with Gasteiger partial charge < -0.3 is 10.5 Å². The lowest BCUT2D eigenvalue weighted by Gasteiger charge is -2.13. The molecular formula is C13H12F3NO. The van der Waals surface area contributed by atoms with Crippen molar-refractivity contribution in [2.45, 2.75) is 12.7 Å². The molecule has 5 heteroatoms. The normalized spacial score (nSPS) is 11.8. The number of nitrogens with two attached hydrogens (primary N) is 1. The van der Waals surface area contributed by atoms with Gasteiger partial charge >= 0.3 is 6.18 Å². The van der Waals surface area contributed by atoms with Crippen LogP contribution in [-0.2, 0) is 12.7 Å². The zero-order valence-corrected chi connectivity index (χ0v) is 9.71. The maximum Gasteiger partial charge on any atom is 0.417 e. The van der Waals surface area contributed by atoms with Crippen molar-refractivity contribution >= 4 is 10.8 Å². The summed E-state index contributed by atoms with van der Waals surface area (Å²) in [5.41, 5.74) is 5.42. The maximum atomic E-state index is 12.9. The molecule has 0 aromatic heterocycles. The Kier molecular flexibility index (Phi) is 3.17. The first kappa shape index (κ1) is 12.7. The van der Waals surface area contributed by atoms with Gasteiger partial charge in [0, 0.05) is 11.9 Å². The summed E-state index contributed by atoms with van der Waals surface area (Å²) in [4.78, 5) is 0. The van der Waals surface area contributed by atoms with Gasteiger partial charge in [-0.05, 0) is 29.1 Å². The largest absolute Gasteiger partial charge is 0.496 e. The Bertz CT molecular complexity index is 578. The number of hydrogen-bond acceptors (Lipinski definition) is 2. The van der Waals surface area contributed by atoms with Crippen LogP contribution in [-0.4, -0.2) is 7.11 Å². The number of ether oxygens (including phenoxy) is 1. The summed E-state index contributed by atoms with van der Waals surface area (Å²) in [5.74, 6) is 0.402. The number of halogens is 3. The molecule has 0 bridgehead atoms. The van der Waals surface area contributed by atoms with Crippen LogP contribution in [0, 0.1) is 0 Å². The summed E-state index contributed by atoms with van der Waals surface area (Å²) >= 11 is 0. The smallest absolute Gasteiger partial charge is 0.417 e. The molecule has 0 aliphatic rings. The zero-order valence-electron chi connectivity index (χ0n) is 9.71. The van der Waals surface area contributed by atoms with E-state index >= 15 is 0 Å². The van der Waals surface area contributed by atoms with Crippen LogP contribution in [0.25, 0.3) is 10.8 Å². The standard InChI is InChI=1S/C13H12F3NO/c1-18-12-6-8(7-17)5-10-9(12)3-2-4-11(10)13(14,15)16/h2-6H,7,17H2,1H3. The molecule has 2 rings (SSSR count). The van der Waals surface area contributed by atoms with Crippen LogP contribution >= 0.6 is 0 Å². The summed E-state index contributed by atoms with van der Waals surface area (Å²) in [6.07, 6.45) is -4.39. The topological polar surface area (TPSA) is 35.2 Å². The van der Waals surface area contributed by atoms with Crippen molar-refractivity contribution in [2.24, 2.45) is 5.73 Å². The minimum atomic E-state index is -4.39. The molecular weight excluding hydrogens is 243 g/mol. The van der Waals surface area contributed by atoms with Gasteiger partial charge in [-0.2, -0.15) is 13.2 Å². The van der Waals surface area contributed by atoms with Gasteiger partial charge in [0.2, 0.25) is 0 Å². The van der Waals surface area contributed by atoms with Crippen LogP contribution in [0.5, 0.6) is 5.75 Å². The number of alkyl halides is 3. The molecule has 0 amide bonds. The van der Waals surface area contributed by atoms with Crippen LogP contribution in [0.1, 0.15) is 11.1 Å². The van der Waals surface area contributed by atoms with Crippen molar-refractivity contribution < 1.29 is 17.9 Å². The van der Waals surface area contributed by atoms with Crippen LogP contribution < -0.4 is 10.5 Å². The molecule has 0 fully saturated rings. The molecule has 0 saturated heterocycles.